The molecule has 0 saturated carbocycles. The molecular formula is C13H23BrN4O2. The number of ether oxygens (including phenoxy) is 2. The van der Waals surface area contributed by atoms with E-state index in [9.17, 15) is 0 Å². The number of hydrogen-bond donors (Lipinski definition) is 1. The van der Waals surface area contributed by atoms with E-state index in [1.807, 2.05) is 14.1 Å². The fourth-order valence-corrected chi connectivity index (χ4v) is 1.83. The molecule has 1 aliphatic rings. The lowest BCUT2D eigenvalue weighted by atomic mass is 10.4. The summed E-state index contributed by atoms with van der Waals surface area (Å²) in [6.07, 6.45) is 5.06. The highest BCUT2D eigenvalue weighted by Crippen LogP contribution is 2.17. The van der Waals surface area contributed by atoms with Crippen LogP contribution in [0.4, 0.5) is 5.82 Å². The van der Waals surface area contributed by atoms with Crippen molar-refractivity contribution >= 4 is 21.7 Å². The van der Waals surface area contributed by atoms with Crippen LogP contribution in [0.15, 0.2) is 10.8 Å². The predicted octanol–water partition coefficient (Wildman–Crippen LogP) is 1.95. The van der Waals surface area contributed by atoms with Crippen molar-refractivity contribution in [2.45, 2.75) is 19.3 Å². The maximum absolute atomic E-state index is 5.62. The summed E-state index contributed by atoms with van der Waals surface area (Å²) < 4.78 is 11.0. The van der Waals surface area contributed by atoms with Gasteiger partial charge in [-0.1, -0.05) is 0 Å². The first-order chi connectivity index (χ1) is 9.59. The first kappa shape index (κ1) is 17.1. The van der Waals surface area contributed by atoms with Crippen LogP contribution in [-0.4, -0.2) is 55.3 Å². The second-order valence-corrected chi connectivity index (χ2v) is 5.52. The molecular weight excluding hydrogens is 324 g/mol. The molecule has 0 spiro atoms. The molecule has 1 aromatic rings. The molecule has 7 heteroatoms. The molecule has 0 radical (unpaired) electrons. The normalized spacial score (nSPS) is 14.0. The largest absolute Gasteiger partial charge is 0.475 e. The highest BCUT2D eigenvalue weighted by Gasteiger charge is 2.03. The van der Waals surface area contributed by atoms with Gasteiger partial charge in [0.25, 0.3) is 5.88 Å². The van der Waals surface area contributed by atoms with Gasteiger partial charge in [0.2, 0.25) is 0 Å². The lowest BCUT2D eigenvalue weighted by Crippen LogP contribution is -2.16. The number of nitrogens with zero attached hydrogens (tertiary/aromatic N) is 3. The molecule has 0 atom stereocenters. The third-order valence-electron chi connectivity index (χ3n) is 2.55. The maximum atomic E-state index is 5.62. The number of aromatic nitrogens is 2. The predicted molar refractivity (Wildman–Crippen MR) is 82.9 cm³/mol. The van der Waals surface area contributed by atoms with E-state index in [0.717, 1.165) is 26.2 Å². The fourth-order valence-electron chi connectivity index (χ4n) is 1.54. The minimum absolute atomic E-state index is 0.314. The van der Waals surface area contributed by atoms with Crippen molar-refractivity contribution in [2.24, 2.45) is 0 Å². The van der Waals surface area contributed by atoms with Gasteiger partial charge >= 0.3 is 0 Å². The van der Waals surface area contributed by atoms with Crippen LogP contribution in [0.1, 0.15) is 19.3 Å². The van der Waals surface area contributed by atoms with E-state index < -0.39 is 0 Å². The Balaban J connectivity index is 0.000000333. The second-order valence-electron chi connectivity index (χ2n) is 4.71. The van der Waals surface area contributed by atoms with Crippen LogP contribution in [0.3, 0.4) is 0 Å². The molecule has 1 aromatic heterocycles. The van der Waals surface area contributed by atoms with Crippen LogP contribution in [0.5, 0.6) is 5.88 Å². The van der Waals surface area contributed by atoms with Crippen molar-refractivity contribution in [1.82, 2.24) is 14.9 Å². The quantitative estimate of drug-likeness (QED) is 0.821. The van der Waals surface area contributed by atoms with E-state index in [-0.39, 0.29) is 0 Å². The van der Waals surface area contributed by atoms with E-state index in [0.29, 0.717) is 22.9 Å². The van der Waals surface area contributed by atoms with Crippen molar-refractivity contribution in [1.29, 1.82) is 0 Å². The molecule has 20 heavy (non-hydrogen) atoms. The number of halogens is 1. The number of hydrogen-bond acceptors (Lipinski definition) is 6. The number of nitrogen functional groups attached to an aromatic ring is 1. The van der Waals surface area contributed by atoms with E-state index >= 15 is 0 Å². The Labute approximate surface area is 128 Å². The Morgan fingerprint density at radius 1 is 1.40 bits per heavy atom. The van der Waals surface area contributed by atoms with Gasteiger partial charge in [0.1, 0.15) is 4.60 Å². The monoisotopic (exact) mass is 346 g/mol. The van der Waals surface area contributed by atoms with Gasteiger partial charge in [0.15, 0.2) is 5.82 Å². The second kappa shape index (κ2) is 9.90. The van der Waals surface area contributed by atoms with Gasteiger partial charge in [-0.25, -0.2) is 9.97 Å². The lowest BCUT2D eigenvalue weighted by Gasteiger charge is -2.10. The Morgan fingerprint density at radius 3 is 2.60 bits per heavy atom. The molecule has 0 bridgehead atoms. The summed E-state index contributed by atoms with van der Waals surface area (Å²) in [4.78, 5) is 10.1. The minimum Gasteiger partial charge on any atom is -0.475 e. The van der Waals surface area contributed by atoms with Gasteiger partial charge < -0.3 is 20.1 Å². The van der Waals surface area contributed by atoms with Crippen LogP contribution in [0, 0.1) is 0 Å². The Morgan fingerprint density at radius 2 is 2.10 bits per heavy atom. The first-order valence-electron chi connectivity index (χ1n) is 6.73. The van der Waals surface area contributed by atoms with E-state index in [1.165, 1.54) is 12.8 Å². The zero-order valence-corrected chi connectivity index (χ0v) is 13.7. The summed E-state index contributed by atoms with van der Waals surface area (Å²) in [5, 5.41) is 0. The van der Waals surface area contributed by atoms with Crippen LogP contribution in [0.25, 0.3) is 0 Å². The molecule has 0 unspecified atom stereocenters. The summed E-state index contributed by atoms with van der Waals surface area (Å²) in [6, 6.07) is 0. The SMILES string of the molecule is C1CCOC1.CN(C)CCCOc1ncc(Br)nc1N. The molecule has 0 aliphatic carbocycles. The maximum Gasteiger partial charge on any atom is 0.257 e. The summed E-state index contributed by atoms with van der Waals surface area (Å²) >= 11 is 3.18. The van der Waals surface area contributed by atoms with Crippen LogP contribution in [-0.2, 0) is 4.74 Å². The average Bonchev–Trinajstić information content (AvgIpc) is 2.95. The van der Waals surface area contributed by atoms with Crippen LogP contribution < -0.4 is 10.5 Å². The standard InChI is InChI=1S/C9H15BrN4O.C4H8O/c1-14(2)4-3-5-15-9-8(11)13-7(10)6-12-9;1-2-4-5-3-1/h6H,3-5H2,1-2H3,(H2,11,13);1-4H2. The average molecular weight is 347 g/mol. The van der Waals surface area contributed by atoms with Gasteiger partial charge in [-0.15, -0.1) is 0 Å². The highest BCUT2D eigenvalue weighted by molar-refractivity contribution is 9.10. The van der Waals surface area contributed by atoms with Gasteiger partial charge in [0, 0.05) is 19.8 Å². The van der Waals surface area contributed by atoms with Gasteiger partial charge in [-0.05, 0) is 49.3 Å². The smallest absolute Gasteiger partial charge is 0.257 e. The molecule has 0 amide bonds. The molecule has 6 nitrogen and oxygen atoms in total. The fraction of sp³-hybridized carbons (Fsp3) is 0.692. The molecule has 2 rings (SSSR count). The van der Waals surface area contributed by atoms with E-state index in [2.05, 4.69) is 30.8 Å². The Bertz CT molecular complexity index is 379. The lowest BCUT2D eigenvalue weighted by molar-refractivity contribution is 0.198. The van der Waals surface area contributed by atoms with Crippen molar-refractivity contribution in [3.05, 3.63) is 10.8 Å². The number of anilines is 1. The van der Waals surface area contributed by atoms with Crippen molar-refractivity contribution in [3.63, 3.8) is 0 Å². The van der Waals surface area contributed by atoms with Gasteiger partial charge in [-0.3, -0.25) is 0 Å². The molecule has 2 N–H and O–H groups in total. The third-order valence-corrected chi connectivity index (χ3v) is 2.93. The topological polar surface area (TPSA) is 73.5 Å². The summed E-state index contributed by atoms with van der Waals surface area (Å²) in [7, 11) is 4.04. The third kappa shape index (κ3) is 7.62. The molecule has 2 heterocycles. The molecule has 0 aromatic carbocycles. The van der Waals surface area contributed by atoms with Crippen LogP contribution in [0.2, 0.25) is 0 Å². The van der Waals surface area contributed by atoms with E-state index in [4.69, 9.17) is 15.2 Å². The first-order valence-corrected chi connectivity index (χ1v) is 7.52. The molecule has 114 valence electrons. The van der Waals surface area contributed by atoms with Crippen molar-refractivity contribution in [2.75, 3.05) is 46.2 Å². The Hall–Kier alpha value is -0.920. The van der Waals surface area contributed by atoms with Gasteiger partial charge in [-0.2, -0.15) is 0 Å². The summed E-state index contributed by atoms with van der Waals surface area (Å²) in [5.41, 5.74) is 5.62. The van der Waals surface area contributed by atoms with Crippen LogP contribution >= 0.6 is 15.9 Å². The molecule has 1 aliphatic heterocycles. The zero-order valence-electron chi connectivity index (χ0n) is 12.1. The summed E-state index contributed by atoms with van der Waals surface area (Å²) in [5.74, 6) is 0.714. The minimum atomic E-state index is 0.314. The van der Waals surface area contributed by atoms with Crippen molar-refractivity contribution < 1.29 is 9.47 Å². The Kier molecular flexibility index (Phi) is 8.48. The van der Waals surface area contributed by atoms with E-state index in [1.54, 1.807) is 6.20 Å². The molecule has 1 fully saturated rings. The van der Waals surface area contributed by atoms with Gasteiger partial charge in [0.05, 0.1) is 12.8 Å². The highest BCUT2D eigenvalue weighted by atomic mass is 79.9. The number of rotatable bonds is 5. The zero-order chi connectivity index (χ0) is 14.8. The summed E-state index contributed by atoms with van der Waals surface area (Å²) in [6.45, 7) is 3.57. The number of nitrogens with two attached hydrogens (primary N) is 1. The molecule has 1 saturated heterocycles. The van der Waals surface area contributed by atoms with Crippen molar-refractivity contribution in [3.8, 4) is 5.88 Å².